The van der Waals surface area contributed by atoms with Crippen molar-refractivity contribution in [2.45, 2.75) is 70.8 Å². The Balaban J connectivity index is 2.39. The molecular formula is C16H24O6. The van der Waals surface area contributed by atoms with Crippen molar-refractivity contribution in [1.82, 2.24) is 0 Å². The van der Waals surface area contributed by atoms with E-state index in [2.05, 4.69) is 6.92 Å². The summed E-state index contributed by atoms with van der Waals surface area (Å²) in [4.78, 5) is 34.1. The Labute approximate surface area is 130 Å². The summed E-state index contributed by atoms with van der Waals surface area (Å²) < 4.78 is 4.73. The van der Waals surface area contributed by atoms with Gasteiger partial charge in [-0.3, -0.25) is 9.59 Å². The van der Waals surface area contributed by atoms with Crippen LogP contribution in [0.1, 0.15) is 64.7 Å². The quantitative estimate of drug-likeness (QED) is 0.345. The third-order valence-corrected chi connectivity index (χ3v) is 3.66. The number of carboxylic acid groups (broad SMARTS) is 1. The molecule has 2 N–H and O–H groups in total. The van der Waals surface area contributed by atoms with Crippen LogP contribution in [0.5, 0.6) is 0 Å². The van der Waals surface area contributed by atoms with E-state index in [-0.39, 0.29) is 12.0 Å². The summed E-state index contributed by atoms with van der Waals surface area (Å²) in [5.74, 6) is -3.13. The van der Waals surface area contributed by atoms with E-state index in [0.29, 0.717) is 6.42 Å². The van der Waals surface area contributed by atoms with Gasteiger partial charge in [0.05, 0.1) is 6.42 Å². The number of hydrogen-bond acceptors (Lipinski definition) is 5. The van der Waals surface area contributed by atoms with E-state index in [1.165, 1.54) is 19.3 Å². The lowest BCUT2D eigenvalue weighted by Crippen LogP contribution is -2.16. The second-order valence-corrected chi connectivity index (χ2v) is 5.55. The number of carbonyl (C=O) groups is 3. The highest BCUT2D eigenvalue weighted by Gasteiger charge is 2.38. The first-order valence-corrected chi connectivity index (χ1v) is 7.86. The zero-order chi connectivity index (χ0) is 16.5. The van der Waals surface area contributed by atoms with Crippen LogP contribution in [0.25, 0.3) is 0 Å². The number of rotatable bonds is 11. The Morgan fingerprint density at radius 3 is 2.27 bits per heavy atom. The Hall–Kier alpha value is -1.85. The van der Waals surface area contributed by atoms with E-state index in [9.17, 15) is 19.5 Å². The molecule has 0 bridgehead atoms. The zero-order valence-corrected chi connectivity index (χ0v) is 13.0. The van der Waals surface area contributed by atoms with Crippen LogP contribution in [0, 0.1) is 0 Å². The van der Waals surface area contributed by atoms with Crippen molar-refractivity contribution >= 4 is 17.7 Å². The van der Waals surface area contributed by atoms with Crippen LogP contribution >= 0.6 is 0 Å². The highest BCUT2D eigenvalue weighted by molar-refractivity contribution is 6.19. The third-order valence-electron chi connectivity index (χ3n) is 3.66. The topological polar surface area (TPSA) is 101 Å². The number of cyclic esters (lactones) is 1. The Bertz CT molecular complexity index is 452. The molecule has 0 aromatic heterocycles. The summed E-state index contributed by atoms with van der Waals surface area (Å²) >= 11 is 0. The first kappa shape index (κ1) is 18.2. The second kappa shape index (κ2) is 9.23. The predicted molar refractivity (Wildman–Crippen MR) is 79.4 cm³/mol. The largest absolute Gasteiger partial charge is 0.507 e. The number of aliphatic hydroxyl groups is 1. The molecule has 0 saturated heterocycles. The molecule has 0 aromatic carbocycles. The van der Waals surface area contributed by atoms with Gasteiger partial charge in [-0.1, -0.05) is 45.4 Å². The van der Waals surface area contributed by atoms with Crippen LogP contribution in [-0.2, 0) is 19.1 Å². The summed E-state index contributed by atoms with van der Waals surface area (Å²) in [5.41, 5.74) is -0.378. The van der Waals surface area contributed by atoms with Crippen molar-refractivity contribution < 1.29 is 29.3 Å². The van der Waals surface area contributed by atoms with Gasteiger partial charge in [0.15, 0.2) is 17.6 Å². The predicted octanol–water partition coefficient (Wildman–Crippen LogP) is 2.91. The number of ether oxygens (including phenoxy) is 1. The number of esters is 1. The summed E-state index contributed by atoms with van der Waals surface area (Å²) in [6.45, 7) is 2.15. The highest BCUT2D eigenvalue weighted by Crippen LogP contribution is 2.25. The molecule has 1 heterocycles. The fourth-order valence-corrected chi connectivity index (χ4v) is 2.43. The normalized spacial score (nSPS) is 17.7. The molecule has 0 spiro atoms. The van der Waals surface area contributed by atoms with Gasteiger partial charge in [0.25, 0.3) is 0 Å². The molecule has 0 aromatic rings. The second-order valence-electron chi connectivity index (χ2n) is 5.55. The minimum Gasteiger partial charge on any atom is -0.507 e. The molecule has 0 saturated carbocycles. The summed E-state index contributed by atoms with van der Waals surface area (Å²) in [6, 6.07) is 0. The van der Waals surface area contributed by atoms with Gasteiger partial charge in [-0.15, -0.1) is 0 Å². The molecule has 124 valence electrons. The molecule has 0 aliphatic carbocycles. The zero-order valence-electron chi connectivity index (χ0n) is 13.0. The summed E-state index contributed by atoms with van der Waals surface area (Å²) in [5, 5.41) is 18.4. The van der Waals surface area contributed by atoms with Crippen molar-refractivity contribution in [3.8, 4) is 0 Å². The van der Waals surface area contributed by atoms with E-state index >= 15 is 0 Å². The van der Waals surface area contributed by atoms with Gasteiger partial charge >= 0.3 is 11.9 Å². The van der Waals surface area contributed by atoms with Crippen molar-refractivity contribution in [2.24, 2.45) is 0 Å². The van der Waals surface area contributed by atoms with Gasteiger partial charge in [-0.2, -0.15) is 0 Å². The van der Waals surface area contributed by atoms with Gasteiger partial charge in [-0.25, -0.2) is 4.79 Å². The van der Waals surface area contributed by atoms with Crippen molar-refractivity contribution in [1.29, 1.82) is 0 Å². The van der Waals surface area contributed by atoms with Crippen LogP contribution in [0.2, 0.25) is 0 Å². The molecule has 0 fully saturated rings. The van der Waals surface area contributed by atoms with Crippen LogP contribution in [0.3, 0.4) is 0 Å². The molecule has 1 rings (SSSR count). The standard InChI is InChI=1S/C16H24O6/c1-2-3-4-5-6-7-8-9-11(17)14-15(20)12(10-13(18)19)22-16(14)21/h12,20H,2-10H2,1H3,(H,18,19)/t12-/m1/s1. The fourth-order valence-electron chi connectivity index (χ4n) is 2.43. The molecule has 22 heavy (non-hydrogen) atoms. The minimum absolute atomic E-state index is 0.169. The Morgan fingerprint density at radius 2 is 1.68 bits per heavy atom. The number of ketones is 1. The lowest BCUT2D eigenvalue weighted by atomic mass is 10.0. The molecule has 0 unspecified atom stereocenters. The Morgan fingerprint density at radius 1 is 1.09 bits per heavy atom. The van der Waals surface area contributed by atoms with Gasteiger partial charge in [0.1, 0.15) is 5.57 Å². The monoisotopic (exact) mass is 312 g/mol. The van der Waals surface area contributed by atoms with Gasteiger partial charge in [0, 0.05) is 6.42 Å². The molecule has 0 amide bonds. The van der Waals surface area contributed by atoms with E-state index < -0.39 is 36.0 Å². The number of unbranched alkanes of at least 4 members (excludes halogenated alkanes) is 6. The van der Waals surface area contributed by atoms with Crippen LogP contribution < -0.4 is 0 Å². The number of Topliss-reactive ketones (excluding diaryl/α,β-unsaturated/α-hetero) is 1. The first-order chi connectivity index (χ1) is 10.5. The van der Waals surface area contributed by atoms with Gasteiger partial charge < -0.3 is 14.9 Å². The Kier molecular flexibility index (Phi) is 7.63. The molecule has 0 radical (unpaired) electrons. The molecule has 6 nitrogen and oxygen atoms in total. The maximum absolute atomic E-state index is 12.0. The van der Waals surface area contributed by atoms with Crippen molar-refractivity contribution in [3.05, 3.63) is 11.3 Å². The molecular weight excluding hydrogens is 288 g/mol. The van der Waals surface area contributed by atoms with Crippen molar-refractivity contribution in [2.75, 3.05) is 0 Å². The average molecular weight is 312 g/mol. The van der Waals surface area contributed by atoms with E-state index in [0.717, 1.165) is 19.3 Å². The van der Waals surface area contributed by atoms with E-state index in [1.54, 1.807) is 0 Å². The third kappa shape index (κ3) is 5.50. The number of aliphatic carboxylic acids is 1. The van der Waals surface area contributed by atoms with Crippen molar-refractivity contribution in [3.63, 3.8) is 0 Å². The van der Waals surface area contributed by atoms with Gasteiger partial charge in [0.2, 0.25) is 0 Å². The number of hydrogen-bond donors (Lipinski definition) is 2. The van der Waals surface area contributed by atoms with Crippen LogP contribution in [-0.4, -0.2) is 34.0 Å². The maximum Gasteiger partial charge on any atom is 0.346 e. The van der Waals surface area contributed by atoms with E-state index in [4.69, 9.17) is 9.84 Å². The fraction of sp³-hybridized carbons (Fsp3) is 0.688. The van der Waals surface area contributed by atoms with Crippen LogP contribution in [0.4, 0.5) is 0 Å². The van der Waals surface area contributed by atoms with Crippen LogP contribution in [0.15, 0.2) is 11.3 Å². The minimum atomic E-state index is -1.24. The van der Waals surface area contributed by atoms with E-state index in [1.807, 2.05) is 0 Å². The van der Waals surface area contributed by atoms with Gasteiger partial charge in [-0.05, 0) is 6.42 Å². The maximum atomic E-state index is 12.0. The smallest absolute Gasteiger partial charge is 0.346 e. The lowest BCUT2D eigenvalue weighted by molar-refractivity contribution is -0.145. The number of carbonyl (C=O) groups excluding carboxylic acids is 2. The molecule has 1 aliphatic heterocycles. The lowest BCUT2D eigenvalue weighted by Gasteiger charge is -2.05. The highest BCUT2D eigenvalue weighted by atomic mass is 16.6. The molecule has 1 aliphatic rings. The average Bonchev–Trinajstić information content (AvgIpc) is 2.71. The molecule has 1 atom stereocenters. The summed E-state index contributed by atoms with van der Waals surface area (Å²) in [7, 11) is 0. The summed E-state index contributed by atoms with van der Waals surface area (Å²) in [6.07, 6.45) is 5.73. The molecule has 6 heteroatoms. The number of carboxylic acids is 1. The SMILES string of the molecule is CCCCCCCCCC(=O)C1=C(O)[C@@H](CC(=O)O)OC1=O. The first-order valence-electron chi connectivity index (χ1n) is 7.86. The number of aliphatic hydroxyl groups excluding tert-OH is 1.